The number of anilines is 2. The number of fused-ring (bicyclic) bond motifs is 1. The van der Waals surface area contributed by atoms with E-state index in [-0.39, 0.29) is 5.91 Å². The van der Waals surface area contributed by atoms with E-state index in [1.807, 2.05) is 63.2 Å². The van der Waals surface area contributed by atoms with E-state index in [1.54, 1.807) is 4.68 Å². The van der Waals surface area contributed by atoms with Crippen molar-refractivity contribution in [2.24, 2.45) is 0 Å². The first-order valence-corrected chi connectivity index (χ1v) is 8.74. The van der Waals surface area contributed by atoms with Crippen molar-refractivity contribution in [3.63, 3.8) is 0 Å². The number of rotatable bonds is 3. The van der Waals surface area contributed by atoms with Crippen molar-refractivity contribution in [1.29, 1.82) is 0 Å². The molecule has 1 aliphatic heterocycles. The predicted octanol–water partition coefficient (Wildman–Crippen LogP) is 3.22. The molecule has 0 spiro atoms. The number of hydrogen-bond donors (Lipinski definition) is 2. The number of nitrogens with one attached hydrogen (secondary N) is 2. The van der Waals surface area contributed by atoms with Crippen molar-refractivity contribution in [2.45, 2.75) is 26.8 Å². The highest BCUT2D eigenvalue weighted by Crippen LogP contribution is 2.35. The molecule has 0 saturated heterocycles. The van der Waals surface area contributed by atoms with Gasteiger partial charge in [0, 0.05) is 11.4 Å². The number of amides is 1. The molecule has 0 unspecified atom stereocenters. The van der Waals surface area contributed by atoms with E-state index in [9.17, 15) is 4.79 Å². The average Bonchev–Trinajstić information content (AvgIpc) is 3.10. The molecule has 1 aromatic heterocycles. The lowest BCUT2D eigenvalue weighted by atomic mass is 9.94. The standard InChI is InChI=1S/C20H20N6O/c1-12-7-6-9-15(11-12)18-17(14(3)21-20-23-24-25-26(18)20)19(27)22-16-10-5-4-8-13(16)2/h4-11,18H,1-3H3,(H,22,27)(H,21,23,25)/t18-/m0/s1. The first kappa shape index (κ1) is 17.0. The Balaban J connectivity index is 1.79. The van der Waals surface area contributed by atoms with Gasteiger partial charge >= 0.3 is 0 Å². The van der Waals surface area contributed by atoms with Gasteiger partial charge in [-0.2, -0.15) is 4.68 Å². The molecule has 0 bridgehead atoms. The van der Waals surface area contributed by atoms with E-state index >= 15 is 0 Å². The summed E-state index contributed by atoms with van der Waals surface area (Å²) in [7, 11) is 0. The molecule has 4 rings (SSSR count). The fourth-order valence-corrected chi connectivity index (χ4v) is 3.36. The predicted molar refractivity (Wildman–Crippen MR) is 103 cm³/mol. The maximum atomic E-state index is 13.2. The molecule has 1 amide bonds. The number of tetrazole rings is 1. The molecule has 0 radical (unpaired) electrons. The topological polar surface area (TPSA) is 84.7 Å². The van der Waals surface area contributed by atoms with Gasteiger partial charge in [0.25, 0.3) is 5.91 Å². The monoisotopic (exact) mass is 360 g/mol. The number of allylic oxidation sites excluding steroid dienone is 1. The lowest BCUT2D eigenvalue weighted by Gasteiger charge is -2.28. The van der Waals surface area contributed by atoms with E-state index < -0.39 is 6.04 Å². The minimum Gasteiger partial charge on any atom is -0.326 e. The van der Waals surface area contributed by atoms with Gasteiger partial charge in [0.2, 0.25) is 5.95 Å². The summed E-state index contributed by atoms with van der Waals surface area (Å²) in [6.07, 6.45) is 0. The maximum absolute atomic E-state index is 13.2. The number of nitrogens with zero attached hydrogens (tertiary/aromatic N) is 4. The Hall–Kier alpha value is -3.48. The minimum atomic E-state index is -0.403. The minimum absolute atomic E-state index is 0.179. The van der Waals surface area contributed by atoms with Gasteiger partial charge in [0.1, 0.15) is 6.04 Å². The number of carbonyl (C=O) groups excluding carboxylic acids is 1. The van der Waals surface area contributed by atoms with E-state index in [0.29, 0.717) is 11.5 Å². The highest BCUT2D eigenvalue weighted by Gasteiger charge is 2.34. The molecule has 7 nitrogen and oxygen atoms in total. The molecule has 1 aliphatic rings. The second-order valence-electron chi connectivity index (χ2n) is 6.70. The Morgan fingerprint density at radius 2 is 1.93 bits per heavy atom. The highest BCUT2D eigenvalue weighted by atomic mass is 16.1. The smallest absolute Gasteiger partial charge is 0.255 e. The van der Waals surface area contributed by atoms with Crippen molar-refractivity contribution in [3.05, 3.63) is 76.5 Å². The molecule has 27 heavy (non-hydrogen) atoms. The summed E-state index contributed by atoms with van der Waals surface area (Å²) in [5.74, 6) is 0.341. The van der Waals surface area contributed by atoms with Gasteiger partial charge in [-0.05, 0) is 48.4 Å². The first-order valence-electron chi connectivity index (χ1n) is 8.74. The summed E-state index contributed by atoms with van der Waals surface area (Å²) in [6, 6.07) is 15.3. The second-order valence-corrected chi connectivity index (χ2v) is 6.70. The molecule has 7 heteroatoms. The van der Waals surface area contributed by atoms with Crippen molar-refractivity contribution < 1.29 is 4.79 Å². The van der Waals surface area contributed by atoms with E-state index in [2.05, 4.69) is 32.2 Å². The molecular formula is C20H20N6O. The van der Waals surface area contributed by atoms with E-state index in [0.717, 1.165) is 28.1 Å². The summed E-state index contributed by atoms with van der Waals surface area (Å²) in [5.41, 5.74) is 5.17. The molecule has 1 atom stereocenters. The second kappa shape index (κ2) is 6.68. The van der Waals surface area contributed by atoms with Crippen LogP contribution in [0.5, 0.6) is 0 Å². The van der Waals surface area contributed by atoms with Crippen LogP contribution in [-0.2, 0) is 4.79 Å². The van der Waals surface area contributed by atoms with E-state index in [1.165, 1.54) is 0 Å². The lowest BCUT2D eigenvalue weighted by molar-refractivity contribution is -0.113. The van der Waals surface area contributed by atoms with Gasteiger partial charge < -0.3 is 10.6 Å². The summed E-state index contributed by atoms with van der Waals surface area (Å²) < 4.78 is 1.65. The number of aryl methyl sites for hydroxylation is 2. The summed E-state index contributed by atoms with van der Waals surface area (Å²) >= 11 is 0. The van der Waals surface area contributed by atoms with Crippen LogP contribution in [0.4, 0.5) is 11.6 Å². The molecular weight excluding hydrogens is 340 g/mol. The van der Waals surface area contributed by atoms with Gasteiger partial charge in [-0.15, -0.1) is 0 Å². The highest BCUT2D eigenvalue weighted by molar-refractivity contribution is 6.06. The molecule has 2 heterocycles. The summed E-state index contributed by atoms with van der Waals surface area (Å²) in [6.45, 7) is 5.86. The number of hydrogen-bond acceptors (Lipinski definition) is 5. The van der Waals surface area contributed by atoms with Gasteiger partial charge in [0.05, 0.1) is 5.57 Å². The Morgan fingerprint density at radius 1 is 1.11 bits per heavy atom. The molecule has 136 valence electrons. The van der Waals surface area contributed by atoms with Crippen molar-refractivity contribution in [2.75, 3.05) is 10.6 Å². The number of benzene rings is 2. The normalized spacial score (nSPS) is 15.9. The fourth-order valence-electron chi connectivity index (χ4n) is 3.36. The molecule has 0 saturated carbocycles. The third-order valence-corrected chi connectivity index (χ3v) is 4.71. The zero-order valence-electron chi connectivity index (χ0n) is 15.4. The largest absolute Gasteiger partial charge is 0.326 e. The van der Waals surface area contributed by atoms with Crippen LogP contribution in [0.2, 0.25) is 0 Å². The Bertz CT molecular complexity index is 1050. The quantitative estimate of drug-likeness (QED) is 0.749. The Kier molecular flexibility index (Phi) is 4.19. The first-order chi connectivity index (χ1) is 13.0. The van der Waals surface area contributed by atoms with Crippen LogP contribution in [0, 0.1) is 13.8 Å². The van der Waals surface area contributed by atoms with Gasteiger partial charge in [-0.1, -0.05) is 53.1 Å². The molecule has 3 aromatic rings. The molecule has 0 fully saturated rings. The zero-order valence-corrected chi connectivity index (χ0v) is 15.4. The van der Waals surface area contributed by atoms with Crippen molar-refractivity contribution in [1.82, 2.24) is 20.2 Å². The molecule has 0 aliphatic carbocycles. The zero-order chi connectivity index (χ0) is 19.0. The van der Waals surface area contributed by atoms with Crippen LogP contribution in [0.25, 0.3) is 0 Å². The third kappa shape index (κ3) is 3.08. The van der Waals surface area contributed by atoms with Crippen LogP contribution < -0.4 is 10.6 Å². The lowest BCUT2D eigenvalue weighted by Crippen LogP contribution is -2.31. The number of aromatic nitrogens is 4. The van der Waals surface area contributed by atoms with Crippen LogP contribution >= 0.6 is 0 Å². The van der Waals surface area contributed by atoms with E-state index in [4.69, 9.17) is 0 Å². The third-order valence-electron chi connectivity index (χ3n) is 4.71. The van der Waals surface area contributed by atoms with Crippen LogP contribution in [0.1, 0.15) is 29.7 Å². The summed E-state index contributed by atoms with van der Waals surface area (Å²) in [5, 5.41) is 18.1. The van der Waals surface area contributed by atoms with Crippen LogP contribution in [0.15, 0.2) is 59.8 Å². The summed E-state index contributed by atoms with van der Waals surface area (Å²) in [4.78, 5) is 13.2. The SMILES string of the molecule is CC1=C(C(=O)Nc2ccccc2C)[C@H](c2cccc(C)c2)n2nnnc2N1. The van der Waals surface area contributed by atoms with Crippen LogP contribution in [-0.4, -0.2) is 26.1 Å². The van der Waals surface area contributed by atoms with Gasteiger partial charge in [0.15, 0.2) is 0 Å². The Morgan fingerprint density at radius 3 is 2.70 bits per heavy atom. The van der Waals surface area contributed by atoms with Crippen molar-refractivity contribution >= 4 is 17.5 Å². The number of carbonyl (C=O) groups is 1. The van der Waals surface area contributed by atoms with Crippen LogP contribution in [0.3, 0.4) is 0 Å². The molecule has 2 aromatic carbocycles. The van der Waals surface area contributed by atoms with Crippen molar-refractivity contribution in [3.8, 4) is 0 Å². The number of para-hydroxylation sites is 1. The van der Waals surface area contributed by atoms with Gasteiger partial charge in [-0.25, -0.2) is 0 Å². The Labute approximate surface area is 157 Å². The molecule has 2 N–H and O–H groups in total. The average molecular weight is 360 g/mol. The fraction of sp³-hybridized carbons (Fsp3) is 0.200. The van der Waals surface area contributed by atoms with Gasteiger partial charge in [-0.3, -0.25) is 4.79 Å². The maximum Gasteiger partial charge on any atom is 0.255 e.